The first-order valence-corrected chi connectivity index (χ1v) is 17.9. The van der Waals surface area contributed by atoms with Gasteiger partial charge in [0.1, 0.15) is 0 Å². The largest absolute Gasteiger partial charge is 0.268 e. The van der Waals surface area contributed by atoms with Gasteiger partial charge in [-0.2, -0.15) is 0 Å². The summed E-state index contributed by atoms with van der Waals surface area (Å²) >= 11 is 0. The van der Waals surface area contributed by atoms with Gasteiger partial charge >= 0.3 is 0 Å². The van der Waals surface area contributed by atoms with Gasteiger partial charge in [0.05, 0.1) is 31.9 Å². The molecule has 8 rings (SSSR count). The zero-order chi connectivity index (χ0) is 32.1. The number of nitrogens with zero attached hydrogens (tertiary/aromatic N) is 2. The predicted molar refractivity (Wildman–Crippen MR) is 187 cm³/mol. The molecule has 0 bridgehead atoms. The summed E-state index contributed by atoms with van der Waals surface area (Å²) in [4.78, 5) is 0.365. The zero-order valence-corrected chi connectivity index (χ0v) is 27.4. The molecule has 2 heterocycles. The lowest BCUT2D eigenvalue weighted by atomic mass is 9.96. The van der Waals surface area contributed by atoms with Crippen molar-refractivity contribution in [1.29, 1.82) is 0 Å². The van der Waals surface area contributed by atoms with Gasteiger partial charge in [-0.05, 0) is 87.4 Å². The van der Waals surface area contributed by atoms with Gasteiger partial charge in [-0.1, -0.05) is 71.8 Å². The first-order valence-electron chi connectivity index (χ1n) is 15.0. The van der Waals surface area contributed by atoms with Crippen LogP contribution in [0.2, 0.25) is 0 Å². The Morgan fingerprint density at radius 1 is 0.435 bits per heavy atom. The molecule has 0 aliphatic heterocycles. The maximum absolute atomic E-state index is 14.7. The molecule has 0 radical (unpaired) electrons. The molecule has 0 atom stereocenters. The lowest BCUT2D eigenvalue weighted by Gasteiger charge is -2.15. The third-order valence-electron chi connectivity index (χ3n) is 9.18. The van der Waals surface area contributed by atoms with E-state index in [-0.39, 0.29) is 9.79 Å². The van der Waals surface area contributed by atoms with Crippen molar-refractivity contribution < 1.29 is 16.8 Å². The van der Waals surface area contributed by atoms with Gasteiger partial charge in [0.2, 0.25) is 0 Å². The molecule has 6 nitrogen and oxygen atoms in total. The van der Waals surface area contributed by atoms with Crippen molar-refractivity contribution in [3.63, 3.8) is 0 Å². The Morgan fingerprint density at radius 3 is 1.15 bits per heavy atom. The molecule has 8 aromatic rings. The highest BCUT2D eigenvalue weighted by Crippen LogP contribution is 2.47. The number of hydrogen-bond donors (Lipinski definition) is 0. The van der Waals surface area contributed by atoms with Gasteiger partial charge in [0, 0.05) is 32.3 Å². The number of para-hydroxylation sites is 2. The minimum Gasteiger partial charge on any atom is -0.233 e. The van der Waals surface area contributed by atoms with Crippen LogP contribution in [0.3, 0.4) is 0 Å². The van der Waals surface area contributed by atoms with E-state index in [1.54, 1.807) is 48.5 Å². The molecule has 0 aliphatic carbocycles. The second-order valence-electron chi connectivity index (χ2n) is 12.1. The van der Waals surface area contributed by atoms with E-state index < -0.39 is 20.0 Å². The maximum Gasteiger partial charge on any atom is 0.268 e. The summed E-state index contributed by atoms with van der Waals surface area (Å²) in [6.45, 7) is 7.83. The molecule has 0 amide bonds. The molecule has 0 spiro atoms. The highest BCUT2D eigenvalue weighted by atomic mass is 32.2. The standard InChI is InChI=1S/C38H30N2O4S2/c1-23-13-17-27(18-14-23)45(41,42)39-33-11-7-5-9-29(33)35-36-30-10-6-8-12-34(30)40(46(43,44)28-19-15-24(2)16-20-28)38(36)32-22-26(4)25(3)21-31(32)37(35)39/h5-22H,1-4H3. The Balaban J connectivity index is 1.69. The Kier molecular flexibility index (Phi) is 6.07. The molecule has 6 aromatic carbocycles. The van der Waals surface area contributed by atoms with Crippen LogP contribution in [0.1, 0.15) is 22.3 Å². The second-order valence-corrected chi connectivity index (χ2v) is 15.7. The molecule has 228 valence electrons. The van der Waals surface area contributed by atoms with Gasteiger partial charge in [-0.25, -0.2) is 24.8 Å². The summed E-state index contributed by atoms with van der Waals surface area (Å²) in [6.07, 6.45) is 0. The maximum atomic E-state index is 14.7. The molecule has 0 saturated carbocycles. The van der Waals surface area contributed by atoms with Crippen LogP contribution < -0.4 is 0 Å². The average Bonchev–Trinajstić information content (AvgIpc) is 3.57. The fourth-order valence-corrected chi connectivity index (χ4v) is 9.83. The monoisotopic (exact) mass is 642 g/mol. The fraction of sp³-hybridized carbons (Fsp3) is 0.105. The molecule has 0 saturated heterocycles. The van der Waals surface area contributed by atoms with Crippen LogP contribution in [-0.2, 0) is 20.0 Å². The van der Waals surface area contributed by atoms with E-state index in [4.69, 9.17) is 0 Å². The Labute approximate surface area is 267 Å². The molecule has 0 fully saturated rings. The molecule has 0 aliphatic rings. The summed E-state index contributed by atoms with van der Waals surface area (Å²) in [7, 11) is -8.16. The van der Waals surface area contributed by atoms with Crippen LogP contribution in [0, 0.1) is 27.7 Å². The molecular weight excluding hydrogens is 613 g/mol. The molecule has 2 aromatic heterocycles. The van der Waals surface area contributed by atoms with Crippen LogP contribution in [0.4, 0.5) is 0 Å². The Bertz CT molecular complexity index is 2600. The van der Waals surface area contributed by atoms with E-state index in [1.165, 1.54) is 7.94 Å². The van der Waals surface area contributed by atoms with Crippen molar-refractivity contribution in [2.45, 2.75) is 37.5 Å². The number of aryl methyl sites for hydroxylation is 4. The van der Waals surface area contributed by atoms with Crippen molar-refractivity contribution in [1.82, 2.24) is 7.94 Å². The van der Waals surface area contributed by atoms with Crippen molar-refractivity contribution >= 4 is 74.4 Å². The number of fused-ring (bicyclic) bond motifs is 10. The van der Waals surface area contributed by atoms with Crippen LogP contribution >= 0.6 is 0 Å². The summed E-state index contributed by atoms with van der Waals surface area (Å²) in [5, 5.41) is 4.20. The summed E-state index contributed by atoms with van der Waals surface area (Å²) < 4.78 is 61.6. The van der Waals surface area contributed by atoms with Crippen LogP contribution in [0.15, 0.2) is 119 Å². The van der Waals surface area contributed by atoms with E-state index in [1.807, 2.05) is 88.4 Å². The molecular formula is C38H30N2O4S2. The zero-order valence-electron chi connectivity index (χ0n) is 25.7. The van der Waals surface area contributed by atoms with E-state index >= 15 is 0 Å². The first kappa shape index (κ1) is 28.5. The lowest BCUT2D eigenvalue weighted by Crippen LogP contribution is -2.14. The van der Waals surface area contributed by atoms with E-state index in [0.29, 0.717) is 43.6 Å². The number of rotatable bonds is 4. The highest BCUT2D eigenvalue weighted by Gasteiger charge is 2.31. The van der Waals surface area contributed by atoms with Crippen LogP contribution in [-0.4, -0.2) is 24.8 Å². The predicted octanol–water partition coefficient (Wildman–Crippen LogP) is 8.76. The third kappa shape index (κ3) is 3.87. The summed E-state index contributed by atoms with van der Waals surface area (Å²) in [5.74, 6) is 0. The van der Waals surface area contributed by atoms with Gasteiger partial charge in [-0.15, -0.1) is 0 Å². The third-order valence-corrected chi connectivity index (χ3v) is 12.6. The smallest absolute Gasteiger partial charge is 0.233 e. The van der Waals surface area contributed by atoms with Crippen LogP contribution in [0.25, 0.3) is 54.4 Å². The molecule has 46 heavy (non-hydrogen) atoms. The second kappa shape index (κ2) is 9.79. The molecule has 8 heteroatoms. The number of benzene rings is 6. The minimum atomic E-state index is -4.08. The summed E-state index contributed by atoms with van der Waals surface area (Å²) in [6, 6.07) is 32.7. The van der Waals surface area contributed by atoms with Crippen molar-refractivity contribution in [2.24, 2.45) is 0 Å². The van der Waals surface area contributed by atoms with Crippen molar-refractivity contribution in [2.75, 3.05) is 0 Å². The molecule has 0 N–H and O–H groups in total. The fourth-order valence-electron chi connectivity index (χ4n) is 6.76. The molecule has 0 unspecified atom stereocenters. The minimum absolute atomic E-state index is 0.183. The van der Waals surface area contributed by atoms with E-state index in [0.717, 1.165) is 33.0 Å². The van der Waals surface area contributed by atoms with Crippen molar-refractivity contribution in [3.8, 4) is 0 Å². The van der Waals surface area contributed by atoms with Crippen LogP contribution in [0.5, 0.6) is 0 Å². The lowest BCUT2D eigenvalue weighted by molar-refractivity contribution is 0.588. The Hall–Kier alpha value is -4.92. The van der Waals surface area contributed by atoms with Crippen molar-refractivity contribution in [3.05, 3.63) is 131 Å². The summed E-state index contributed by atoms with van der Waals surface area (Å²) in [5.41, 5.74) is 5.99. The van der Waals surface area contributed by atoms with Gasteiger partial charge in [-0.3, -0.25) is 0 Å². The topological polar surface area (TPSA) is 78.1 Å². The van der Waals surface area contributed by atoms with Gasteiger partial charge < -0.3 is 0 Å². The van der Waals surface area contributed by atoms with E-state index in [9.17, 15) is 16.8 Å². The van der Waals surface area contributed by atoms with E-state index in [2.05, 4.69) is 0 Å². The SMILES string of the molecule is Cc1ccc(S(=O)(=O)n2c3ccccc3c3c4c5ccccc5n(S(=O)(=O)c5ccc(C)cc5)c4c4cc(C)c(C)cc4c32)cc1. The van der Waals surface area contributed by atoms with Gasteiger partial charge in [0.25, 0.3) is 20.0 Å². The first-order chi connectivity index (χ1) is 22.0. The quantitative estimate of drug-likeness (QED) is 0.192. The number of hydrogen-bond acceptors (Lipinski definition) is 4. The number of aromatic nitrogens is 2. The Morgan fingerprint density at radius 2 is 0.783 bits per heavy atom. The highest BCUT2D eigenvalue weighted by molar-refractivity contribution is 7.90. The normalized spacial score (nSPS) is 12.7. The van der Waals surface area contributed by atoms with Gasteiger partial charge in [0.15, 0.2) is 0 Å². The average molecular weight is 643 g/mol.